The third-order valence-corrected chi connectivity index (χ3v) is 4.43. The molecule has 0 aliphatic carbocycles. The Morgan fingerprint density at radius 1 is 1.14 bits per heavy atom. The summed E-state index contributed by atoms with van der Waals surface area (Å²) in [5.41, 5.74) is 6.45. The molecule has 0 bridgehead atoms. The quantitative estimate of drug-likeness (QED) is 0.917. The van der Waals surface area contributed by atoms with E-state index in [0.717, 1.165) is 25.9 Å². The Balaban J connectivity index is 2.14. The molecule has 21 heavy (non-hydrogen) atoms. The van der Waals surface area contributed by atoms with E-state index < -0.39 is 11.6 Å². The minimum atomic E-state index is -0.464. The van der Waals surface area contributed by atoms with Crippen molar-refractivity contribution < 1.29 is 8.78 Å². The Kier molecular flexibility index (Phi) is 5.20. The molecular weight excluding hydrogens is 270 g/mol. The van der Waals surface area contributed by atoms with Gasteiger partial charge in [-0.15, -0.1) is 0 Å². The summed E-state index contributed by atoms with van der Waals surface area (Å²) < 4.78 is 28.6. The average Bonchev–Trinajstić information content (AvgIpc) is 2.37. The maximum absolute atomic E-state index is 14.3. The Labute approximate surface area is 126 Å². The van der Waals surface area contributed by atoms with Crippen molar-refractivity contribution in [2.24, 2.45) is 17.6 Å². The Hall–Kier alpha value is -1.16. The molecule has 118 valence electrons. The second-order valence-corrected chi connectivity index (χ2v) is 6.66. The van der Waals surface area contributed by atoms with Crippen LogP contribution in [0.4, 0.5) is 14.5 Å². The summed E-state index contributed by atoms with van der Waals surface area (Å²) in [5.74, 6) is 0.363. The summed E-state index contributed by atoms with van der Waals surface area (Å²) in [6.45, 7) is 7.71. The first-order valence-electron chi connectivity index (χ1n) is 7.87. The first kappa shape index (κ1) is 16.2. The summed E-state index contributed by atoms with van der Waals surface area (Å²) in [4.78, 5) is 1.85. The lowest BCUT2D eigenvalue weighted by Gasteiger charge is -2.35. The van der Waals surface area contributed by atoms with Crippen molar-refractivity contribution in [3.05, 3.63) is 29.3 Å². The molecule has 0 spiro atoms. The number of hydrogen-bond donors (Lipinski definition) is 1. The van der Waals surface area contributed by atoms with Gasteiger partial charge >= 0.3 is 0 Å². The maximum Gasteiger partial charge on any atom is 0.149 e. The van der Waals surface area contributed by atoms with Gasteiger partial charge in [0.1, 0.15) is 17.3 Å². The largest absolute Gasteiger partial charge is 0.367 e. The number of halogens is 2. The van der Waals surface area contributed by atoms with Crippen molar-refractivity contribution in [3.63, 3.8) is 0 Å². The predicted molar refractivity (Wildman–Crippen MR) is 83.5 cm³/mol. The van der Waals surface area contributed by atoms with Gasteiger partial charge < -0.3 is 10.6 Å². The van der Waals surface area contributed by atoms with Crippen LogP contribution in [-0.2, 0) is 6.42 Å². The molecule has 1 unspecified atom stereocenters. The van der Waals surface area contributed by atoms with E-state index in [2.05, 4.69) is 13.8 Å². The molecule has 1 aromatic carbocycles. The van der Waals surface area contributed by atoms with Crippen LogP contribution in [0.3, 0.4) is 0 Å². The van der Waals surface area contributed by atoms with E-state index in [0.29, 0.717) is 23.8 Å². The molecule has 1 aliphatic heterocycles. The standard InChI is InChI=1S/C17H26F2N2/c1-11(2)14-4-6-21(7-5-14)17-15(18)9-13(8-12(3)20)10-16(17)19/h9-12,14H,4-8,20H2,1-3H3. The monoisotopic (exact) mass is 296 g/mol. The number of piperidine rings is 1. The van der Waals surface area contributed by atoms with Crippen LogP contribution in [0.5, 0.6) is 0 Å². The highest BCUT2D eigenvalue weighted by atomic mass is 19.1. The SMILES string of the molecule is CC(N)Cc1cc(F)c(N2CCC(C(C)C)CC2)c(F)c1. The topological polar surface area (TPSA) is 29.3 Å². The van der Waals surface area contributed by atoms with E-state index in [-0.39, 0.29) is 11.7 Å². The highest BCUT2D eigenvalue weighted by Gasteiger charge is 2.25. The lowest BCUT2D eigenvalue weighted by molar-refractivity contribution is 0.309. The third-order valence-electron chi connectivity index (χ3n) is 4.43. The smallest absolute Gasteiger partial charge is 0.149 e. The van der Waals surface area contributed by atoms with Crippen molar-refractivity contribution in [2.75, 3.05) is 18.0 Å². The molecule has 2 N–H and O–H groups in total. The Morgan fingerprint density at radius 3 is 2.10 bits per heavy atom. The predicted octanol–water partition coefficient (Wildman–Crippen LogP) is 3.73. The van der Waals surface area contributed by atoms with Gasteiger partial charge in [-0.05, 0) is 55.7 Å². The number of benzene rings is 1. The normalized spacial score (nSPS) is 18.3. The van der Waals surface area contributed by atoms with Crippen molar-refractivity contribution in [2.45, 2.75) is 46.1 Å². The lowest BCUT2D eigenvalue weighted by atomic mass is 9.86. The van der Waals surface area contributed by atoms with Gasteiger partial charge in [-0.25, -0.2) is 8.78 Å². The van der Waals surface area contributed by atoms with Gasteiger partial charge in [-0.1, -0.05) is 13.8 Å². The molecule has 1 aromatic rings. The van der Waals surface area contributed by atoms with E-state index >= 15 is 0 Å². The highest BCUT2D eigenvalue weighted by molar-refractivity contribution is 5.51. The molecule has 0 aromatic heterocycles. The van der Waals surface area contributed by atoms with Crippen LogP contribution in [0.15, 0.2) is 12.1 Å². The highest BCUT2D eigenvalue weighted by Crippen LogP contribution is 2.31. The summed E-state index contributed by atoms with van der Waals surface area (Å²) in [6.07, 6.45) is 2.49. The van der Waals surface area contributed by atoms with Gasteiger partial charge in [0.25, 0.3) is 0 Å². The molecular formula is C17H26F2N2. The molecule has 1 fully saturated rings. The second-order valence-electron chi connectivity index (χ2n) is 6.66. The van der Waals surface area contributed by atoms with Crippen LogP contribution in [0, 0.1) is 23.5 Å². The minimum absolute atomic E-state index is 0.101. The van der Waals surface area contributed by atoms with E-state index in [1.54, 1.807) is 0 Å². The molecule has 2 nitrogen and oxygen atoms in total. The molecule has 1 saturated heterocycles. The van der Waals surface area contributed by atoms with Gasteiger partial charge in [-0.3, -0.25) is 0 Å². The fraction of sp³-hybridized carbons (Fsp3) is 0.647. The van der Waals surface area contributed by atoms with Gasteiger partial charge in [0, 0.05) is 19.1 Å². The average molecular weight is 296 g/mol. The minimum Gasteiger partial charge on any atom is -0.367 e. The molecule has 2 rings (SSSR count). The number of hydrogen-bond acceptors (Lipinski definition) is 2. The number of nitrogens with two attached hydrogens (primary N) is 1. The van der Waals surface area contributed by atoms with E-state index in [9.17, 15) is 8.78 Å². The van der Waals surface area contributed by atoms with Crippen molar-refractivity contribution in [1.29, 1.82) is 0 Å². The van der Waals surface area contributed by atoms with Gasteiger partial charge in [0.2, 0.25) is 0 Å². The van der Waals surface area contributed by atoms with Gasteiger partial charge in [0.05, 0.1) is 0 Å². The number of rotatable bonds is 4. The lowest BCUT2D eigenvalue weighted by Crippen LogP contribution is -2.36. The third kappa shape index (κ3) is 3.94. The van der Waals surface area contributed by atoms with E-state index in [4.69, 9.17) is 5.73 Å². The fourth-order valence-electron chi connectivity index (χ4n) is 3.20. The summed E-state index contributed by atoms with van der Waals surface area (Å²) >= 11 is 0. The zero-order chi connectivity index (χ0) is 15.6. The van der Waals surface area contributed by atoms with Crippen LogP contribution in [0.25, 0.3) is 0 Å². The van der Waals surface area contributed by atoms with Crippen LogP contribution >= 0.6 is 0 Å². The summed E-state index contributed by atoms with van der Waals surface area (Å²) in [7, 11) is 0. The molecule has 4 heteroatoms. The fourth-order valence-corrected chi connectivity index (χ4v) is 3.20. The Bertz CT molecular complexity index is 455. The molecule has 0 saturated carbocycles. The zero-order valence-electron chi connectivity index (χ0n) is 13.2. The molecule has 0 radical (unpaired) electrons. The van der Waals surface area contributed by atoms with Crippen LogP contribution < -0.4 is 10.6 Å². The van der Waals surface area contributed by atoms with Crippen molar-refractivity contribution >= 4 is 5.69 Å². The second kappa shape index (κ2) is 6.73. The zero-order valence-corrected chi connectivity index (χ0v) is 13.2. The first-order chi connectivity index (χ1) is 9.88. The maximum atomic E-state index is 14.3. The molecule has 1 aliphatic rings. The van der Waals surface area contributed by atoms with Crippen molar-refractivity contribution in [1.82, 2.24) is 0 Å². The van der Waals surface area contributed by atoms with E-state index in [1.165, 1.54) is 12.1 Å². The summed E-state index contributed by atoms with van der Waals surface area (Å²) in [5, 5.41) is 0. The van der Waals surface area contributed by atoms with Crippen LogP contribution in [-0.4, -0.2) is 19.1 Å². The van der Waals surface area contributed by atoms with Gasteiger partial charge in [0.15, 0.2) is 0 Å². The van der Waals surface area contributed by atoms with Crippen LogP contribution in [0.1, 0.15) is 39.2 Å². The molecule has 1 atom stereocenters. The molecule has 0 amide bonds. The summed E-state index contributed by atoms with van der Waals surface area (Å²) in [6, 6.07) is 2.75. The van der Waals surface area contributed by atoms with Crippen LogP contribution in [0.2, 0.25) is 0 Å². The first-order valence-corrected chi connectivity index (χ1v) is 7.87. The van der Waals surface area contributed by atoms with Gasteiger partial charge in [-0.2, -0.15) is 0 Å². The molecule has 1 heterocycles. The van der Waals surface area contributed by atoms with E-state index in [1.807, 2.05) is 11.8 Å². The number of nitrogens with zero attached hydrogens (tertiary/aromatic N) is 1. The Morgan fingerprint density at radius 2 is 1.67 bits per heavy atom. The number of anilines is 1. The van der Waals surface area contributed by atoms with Crippen molar-refractivity contribution in [3.8, 4) is 0 Å².